The first kappa shape index (κ1) is 13.4. The van der Waals surface area contributed by atoms with Crippen LogP contribution in [0.25, 0.3) is 0 Å². The Morgan fingerprint density at radius 1 is 1.20 bits per heavy atom. The van der Waals surface area contributed by atoms with Gasteiger partial charge in [-0.05, 0) is 6.42 Å². The average molecular weight is 216 g/mol. The van der Waals surface area contributed by atoms with E-state index < -0.39 is 0 Å². The summed E-state index contributed by atoms with van der Waals surface area (Å²) in [6.07, 6.45) is 0.801. The van der Waals surface area contributed by atoms with Gasteiger partial charge in [-0.15, -0.1) is 0 Å². The summed E-state index contributed by atoms with van der Waals surface area (Å²) in [7, 11) is 1.32. The van der Waals surface area contributed by atoms with Crippen molar-refractivity contribution in [3.8, 4) is 0 Å². The number of methoxy groups -OCH3 is 1. The molecule has 0 aromatic carbocycles. The van der Waals surface area contributed by atoms with Crippen LogP contribution in [0, 0.1) is 0 Å². The Balaban J connectivity index is 3.39. The van der Waals surface area contributed by atoms with Crippen LogP contribution in [0.5, 0.6) is 0 Å². The number of carbonyl (C=O) groups is 3. The first-order valence-electron chi connectivity index (χ1n) is 4.64. The maximum Gasteiger partial charge on any atom is 0.305 e. The Bertz CT molecular complexity index is 240. The van der Waals surface area contributed by atoms with Gasteiger partial charge in [-0.25, -0.2) is 0 Å². The van der Waals surface area contributed by atoms with Gasteiger partial charge in [0.1, 0.15) is 0 Å². The van der Waals surface area contributed by atoms with Gasteiger partial charge in [-0.3, -0.25) is 14.4 Å². The zero-order chi connectivity index (χ0) is 11.7. The Morgan fingerprint density at radius 3 is 2.40 bits per heavy atom. The lowest BCUT2D eigenvalue weighted by Gasteiger charge is -2.04. The zero-order valence-electron chi connectivity index (χ0n) is 8.96. The highest BCUT2D eigenvalue weighted by molar-refractivity contribution is 5.83. The van der Waals surface area contributed by atoms with E-state index in [0.29, 0.717) is 13.0 Å². The molecule has 86 valence electrons. The lowest BCUT2D eigenvalue weighted by molar-refractivity contribution is -0.140. The molecule has 15 heavy (non-hydrogen) atoms. The molecular formula is C9H16N2O4. The van der Waals surface area contributed by atoms with Crippen molar-refractivity contribution in [1.82, 2.24) is 10.6 Å². The number of amides is 2. The number of nitrogens with one attached hydrogen (secondary N) is 2. The van der Waals surface area contributed by atoms with Crippen molar-refractivity contribution in [3.05, 3.63) is 0 Å². The zero-order valence-corrected chi connectivity index (χ0v) is 8.96. The standard InChI is InChI=1S/C9H16N2O4/c1-7(12)11-6-8(13)10-5-3-4-9(14)15-2/h3-6H2,1-2H3,(H,10,13)(H,11,12). The predicted octanol–water partition coefficient (Wildman–Crippen LogP) is -0.808. The molecule has 0 aliphatic heterocycles. The molecule has 0 aliphatic rings. The maximum atomic E-state index is 11.0. The molecule has 0 saturated carbocycles. The Morgan fingerprint density at radius 2 is 1.87 bits per heavy atom. The van der Waals surface area contributed by atoms with Crippen LogP contribution in [-0.2, 0) is 19.1 Å². The van der Waals surface area contributed by atoms with Crippen LogP contribution >= 0.6 is 0 Å². The number of ether oxygens (including phenoxy) is 1. The second-order valence-corrected chi connectivity index (χ2v) is 2.94. The van der Waals surface area contributed by atoms with Crippen molar-refractivity contribution in [2.45, 2.75) is 19.8 Å². The molecule has 6 heteroatoms. The number of hydrogen-bond donors (Lipinski definition) is 2. The van der Waals surface area contributed by atoms with E-state index in [1.807, 2.05) is 0 Å². The highest BCUT2D eigenvalue weighted by Gasteiger charge is 2.02. The summed E-state index contributed by atoms with van der Waals surface area (Å²) in [4.78, 5) is 32.2. The van der Waals surface area contributed by atoms with Crippen molar-refractivity contribution in [1.29, 1.82) is 0 Å². The summed E-state index contributed by atoms with van der Waals surface area (Å²) in [6, 6.07) is 0. The molecule has 0 atom stereocenters. The lowest BCUT2D eigenvalue weighted by atomic mass is 10.3. The summed E-state index contributed by atoms with van der Waals surface area (Å²) < 4.78 is 4.43. The molecule has 0 heterocycles. The van der Waals surface area contributed by atoms with Crippen LogP contribution in [0.1, 0.15) is 19.8 Å². The first-order chi connectivity index (χ1) is 7.06. The molecule has 0 spiro atoms. The number of rotatable bonds is 6. The molecule has 0 radical (unpaired) electrons. The minimum atomic E-state index is -0.300. The van der Waals surface area contributed by atoms with E-state index in [1.165, 1.54) is 14.0 Å². The lowest BCUT2D eigenvalue weighted by Crippen LogP contribution is -2.36. The SMILES string of the molecule is COC(=O)CCCNC(=O)CNC(C)=O. The molecule has 0 saturated heterocycles. The third kappa shape index (κ3) is 8.73. The summed E-state index contributed by atoms with van der Waals surface area (Å²) >= 11 is 0. The molecule has 0 unspecified atom stereocenters. The third-order valence-corrected chi connectivity index (χ3v) is 1.61. The van der Waals surface area contributed by atoms with Crippen molar-refractivity contribution >= 4 is 17.8 Å². The number of esters is 1. The second kappa shape index (κ2) is 7.78. The van der Waals surface area contributed by atoms with E-state index in [1.54, 1.807) is 0 Å². The molecular weight excluding hydrogens is 200 g/mol. The van der Waals surface area contributed by atoms with Gasteiger partial charge in [0.25, 0.3) is 0 Å². The van der Waals surface area contributed by atoms with Gasteiger partial charge in [0.05, 0.1) is 13.7 Å². The molecule has 0 bridgehead atoms. The van der Waals surface area contributed by atoms with E-state index >= 15 is 0 Å². The summed E-state index contributed by atoms with van der Waals surface area (Å²) in [5, 5.41) is 4.92. The Labute approximate surface area is 88.4 Å². The topological polar surface area (TPSA) is 84.5 Å². The van der Waals surface area contributed by atoms with Gasteiger partial charge in [0.15, 0.2) is 0 Å². The van der Waals surface area contributed by atoms with Crippen molar-refractivity contribution < 1.29 is 19.1 Å². The molecule has 6 nitrogen and oxygen atoms in total. The summed E-state index contributed by atoms with van der Waals surface area (Å²) in [6.45, 7) is 1.70. The van der Waals surface area contributed by atoms with Crippen molar-refractivity contribution in [3.63, 3.8) is 0 Å². The van der Waals surface area contributed by atoms with Crippen LogP contribution in [-0.4, -0.2) is 38.0 Å². The highest BCUT2D eigenvalue weighted by atomic mass is 16.5. The Hall–Kier alpha value is -1.59. The first-order valence-corrected chi connectivity index (χ1v) is 4.64. The monoisotopic (exact) mass is 216 g/mol. The smallest absolute Gasteiger partial charge is 0.305 e. The summed E-state index contributed by atoms with van der Waals surface area (Å²) in [5.74, 6) is -0.819. The maximum absolute atomic E-state index is 11.0. The van der Waals surface area contributed by atoms with Gasteiger partial charge >= 0.3 is 5.97 Å². The fraction of sp³-hybridized carbons (Fsp3) is 0.667. The second-order valence-electron chi connectivity index (χ2n) is 2.94. The van der Waals surface area contributed by atoms with Crippen LogP contribution in [0.4, 0.5) is 0 Å². The van der Waals surface area contributed by atoms with Gasteiger partial charge in [-0.1, -0.05) is 0 Å². The fourth-order valence-electron chi connectivity index (χ4n) is 0.830. The molecule has 0 aromatic rings. The van der Waals surface area contributed by atoms with Crippen molar-refractivity contribution in [2.75, 3.05) is 20.2 Å². The molecule has 2 N–H and O–H groups in total. The molecule has 0 aliphatic carbocycles. The molecule has 0 rings (SSSR count). The summed E-state index contributed by atoms with van der Waals surface area (Å²) in [5.41, 5.74) is 0. The molecule has 2 amide bonds. The normalized spacial score (nSPS) is 9.20. The molecule has 0 fully saturated rings. The minimum Gasteiger partial charge on any atom is -0.469 e. The highest BCUT2D eigenvalue weighted by Crippen LogP contribution is 1.89. The van der Waals surface area contributed by atoms with Crippen LogP contribution in [0.15, 0.2) is 0 Å². The number of carbonyl (C=O) groups excluding carboxylic acids is 3. The van der Waals surface area contributed by atoms with E-state index in [4.69, 9.17) is 0 Å². The van der Waals surface area contributed by atoms with E-state index in [-0.39, 0.29) is 30.7 Å². The van der Waals surface area contributed by atoms with Crippen LogP contribution < -0.4 is 10.6 Å². The van der Waals surface area contributed by atoms with E-state index in [9.17, 15) is 14.4 Å². The van der Waals surface area contributed by atoms with Crippen LogP contribution in [0.2, 0.25) is 0 Å². The van der Waals surface area contributed by atoms with E-state index in [0.717, 1.165) is 0 Å². The quantitative estimate of drug-likeness (QED) is 0.449. The number of hydrogen-bond acceptors (Lipinski definition) is 4. The van der Waals surface area contributed by atoms with Crippen molar-refractivity contribution in [2.24, 2.45) is 0 Å². The van der Waals surface area contributed by atoms with Gasteiger partial charge in [0.2, 0.25) is 11.8 Å². The Kier molecular flexibility index (Phi) is 6.96. The van der Waals surface area contributed by atoms with E-state index in [2.05, 4.69) is 15.4 Å². The largest absolute Gasteiger partial charge is 0.469 e. The molecule has 0 aromatic heterocycles. The predicted molar refractivity (Wildman–Crippen MR) is 52.9 cm³/mol. The van der Waals surface area contributed by atoms with Gasteiger partial charge in [0, 0.05) is 19.9 Å². The van der Waals surface area contributed by atoms with Gasteiger partial charge < -0.3 is 15.4 Å². The van der Waals surface area contributed by atoms with Crippen LogP contribution in [0.3, 0.4) is 0 Å². The van der Waals surface area contributed by atoms with Gasteiger partial charge in [-0.2, -0.15) is 0 Å². The average Bonchev–Trinajstić information content (AvgIpc) is 2.21. The minimum absolute atomic E-state index is 0.0342. The third-order valence-electron chi connectivity index (χ3n) is 1.61. The fourth-order valence-corrected chi connectivity index (χ4v) is 0.830.